The molecule has 2 N–H and O–H groups in total. The fourth-order valence-corrected chi connectivity index (χ4v) is 6.25. The van der Waals surface area contributed by atoms with Crippen molar-refractivity contribution < 1.29 is 26.8 Å². The molecule has 214 valence electrons. The van der Waals surface area contributed by atoms with Gasteiger partial charge in [-0.25, -0.2) is 27.2 Å². The first-order valence-corrected chi connectivity index (χ1v) is 14.8. The Kier molecular flexibility index (Phi) is 8.41. The Hall–Kier alpha value is -4.16. The highest BCUT2D eigenvalue weighted by Gasteiger charge is 2.27. The first kappa shape index (κ1) is 28.4. The van der Waals surface area contributed by atoms with Crippen LogP contribution in [0.5, 0.6) is 0 Å². The van der Waals surface area contributed by atoms with Gasteiger partial charge in [0.05, 0.1) is 17.0 Å². The first-order valence-electron chi connectivity index (χ1n) is 13.2. The molecule has 41 heavy (non-hydrogen) atoms. The summed E-state index contributed by atoms with van der Waals surface area (Å²) in [5.41, 5.74) is 2.65. The summed E-state index contributed by atoms with van der Waals surface area (Å²) in [6.07, 6.45) is 1.68. The van der Waals surface area contributed by atoms with Gasteiger partial charge in [-0.3, -0.25) is 4.79 Å². The predicted octanol–water partition coefficient (Wildman–Crippen LogP) is 4.53. The number of nitrogens with zero attached hydrogens (tertiary/aromatic N) is 3. The second-order valence-corrected chi connectivity index (χ2v) is 11.6. The van der Waals surface area contributed by atoms with Gasteiger partial charge in [-0.15, -0.1) is 0 Å². The number of carbonyl (C=O) groups excluding carboxylic acids is 1. The summed E-state index contributed by atoms with van der Waals surface area (Å²) >= 11 is 0. The number of halogens is 2. The zero-order chi connectivity index (χ0) is 29.0. The lowest BCUT2D eigenvalue weighted by molar-refractivity contribution is -0.128. The molecule has 3 aromatic carbocycles. The smallest absolute Gasteiger partial charge is 0.322 e. The molecule has 4 aromatic rings. The van der Waals surface area contributed by atoms with Gasteiger partial charge in [-0.1, -0.05) is 41.7 Å². The average Bonchev–Trinajstić information content (AvgIpc) is 2.95. The van der Waals surface area contributed by atoms with E-state index >= 15 is 4.39 Å². The second-order valence-electron chi connectivity index (χ2n) is 9.79. The molecule has 0 aliphatic carbocycles. The van der Waals surface area contributed by atoms with Crippen LogP contribution in [0.25, 0.3) is 22.0 Å². The largest absolute Gasteiger partial charge is 0.350 e. The number of anilines is 2. The number of rotatable bonds is 10. The van der Waals surface area contributed by atoms with E-state index < -0.39 is 27.8 Å². The lowest BCUT2D eigenvalue weighted by atomic mass is 9.98. The van der Waals surface area contributed by atoms with Crippen LogP contribution in [0.3, 0.4) is 0 Å². The number of hydrogen-bond acceptors (Lipinski definition) is 8. The monoisotopic (exact) mass is 581 g/mol. The summed E-state index contributed by atoms with van der Waals surface area (Å²) < 4.78 is 55.8. The van der Waals surface area contributed by atoms with Crippen molar-refractivity contribution in [1.82, 2.24) is 15.3 Å². The molecule has 2 heterocycles. The van der Waals surface area contributed by atoms with Gasteiger partial charge in [-0.2, -0.15) is 0 Å². The number of nitrogens with one attached hydrogen (secondary N) is 2. The Morgan fingerprint density at radius 1 is 1.15 bits per heavy atom. The minimum atomic E-state index is -4.18. The van der Waals surface area contributed by atoms with E-state index in [1.807, 2.05) is 13.0 Å². The van der Waals surface area contributed by atoms with Crippen LogP contribution in [0.1, 0.15) is 24.5 Å². The van der Waals surface area contributed by atoms with Crippen LogP contribution < -0.4 is 15.1 Å². The molecule has 0 saturated carbocycles. The minimum Gasteiger partial charge on any atom is -0.350 e. The maximum absolute atomic E-state index is 15.5. The SMILES string of the molecule is CCc1cc(-c2ccc(N(OC=O)S(=O)(=O)Cc3ccccc3)cc2F)cc2cnc(N[C@@H]3CNC[C@@H](F)C3)nc12. The Morgan fingerprint density at radius 2 is 1.95 bits per heavy atom. The molecule has 0 amide bonds. The third-order valence-corrected chi connectivity index (χ3v) is 8.33. The highest BCUT2D eigenvalue weighted by molar-refractivity contribution is 7.91. The van der Waals surface area contributed by atoms with E-state index in [0.717, 1.165) is 11.6 Å². The molecule has 0 radical (unpaired) electrons. The Labute approximate surface area is 236 Å². The first-order chi connectivity index (χ1) is 19.8. The fraction of sp³-hybridized carbons (Fsp3) is 0.276. The van der Waals surface area contributed by atoms with Gasteiger partial charge in [-0.05, 0) is 47.4 Å². The van der Waals surface area contributed by atoms with Crippen molar-refractivity contribution in [2.45, 2.75) is 37.7 Å². The van der Waals surface area contributed by atoms with Crippen molar-refractivity contribution in [1.29, 1.82) is 0 Å². The lowest BCUT2D eigenvalue weighted by Crippen LogP contribution is -2.44. The summed E-state index contributed by atoms with van der Waals surface area (Å²) in [5.74, 6) is -0.760. The maximum Gasteiger partial charge on any atom is 0.322 e. The molecule has 1 fully saturated rings. The number of benzene rings is 3. The van der Waals surface area contributed by atoms with Crippen molar-refractivity contribution in [3.05, 3.63) is 83.8 Å². The third-order valence-electron chi connectivity index (χ3n) is 6.83. The third kappa shape index (κ3) is 6.44. The average molecular weight is 582 g/mol. The molecule has 1 saturated heterocycles. The van der Waals surface area contributed by atoms with Crippen LogP contribution in [0.4, 0.5) is 20.4 Å². The van der Waals surface area contributed by atoms with E-state index in [0.29, 0.717) is 58.4 Å². The minimum absolute atomic E-state index is 0.0188. The van der Waals surface area contributed by atoms with Crippen LogP contribution in [0.15, 0.2) is 66.9 Å². The van der Waals surface area contributed by atoms with Gasteiger partial charge < -0.3 is 15.5 Å². The van der Waals surface area contributed by atoms with Crippen molar-refractivity contribution in [2.24, 2.45) is 0 Å². The van der Waals surface area contributed by atoms with Crippen LogP contribution in [-0.2, 0) is 31.8 Å². The zero-order valence-electron chi connectivity index (χ0n) is 22.3. The van der Waals surface area contributed by atoms with E-state index in [4.69, 9.17) is 4.84 Å². The molecule has 0 bridgehead atoms. The number of hydrogen-bond donors (Lipinski definition) is 2. The van der Waals surface area contributed by atoms with E-state index in [-0.39, 0.29) is 23.8 Å². The second kappa shape index (κ2) is 12.1. The topological polar surface area (TPSA) is 114 Å². The van der Waals surface area contributed by atoms with Crippen molar-refractivity contribution >= 4 is 39.0 Å². The van der Waals surface area contributed by atoms with Crippen LogP contribution in [-0.4, -0.2) is 50.2 Å². The molecule has 1 aliphatic heterocycles. The molecule has 12 heteroatoms. The van der Waals surface area contributed by atoms with E-state index in [9.17, 15) is 17.6 Å². The molecule has 2 atom stereocenters. The summed E-state index contributed by atoms with van der Waals surface area (Å²) in [4.78, 5) is 25.0. The standard InChI is InChI=1S/C29H29F2N5O4S/c1-2-20-10-21(11-22-14-33-29(35-28(20)22)34-24-12-23(30)15-32-16-24)26-9-8-25(13-27(26)31)36(40-18-37)41(38,39)17-19-6-4-3-5-7-19/h3-11,13-14,18,23-24,32H,2,12,15-17H2,1H3,(H,33,34,35)/t23-,24-/m0/s1. The van der Waals surface area contributed by atoms with Crippen molar-refractivity contribution in [3.63, 3.8) is 0 Å². The zero-order valence-corrected chi connectivity index (χ0v) is 23.1. The van der Waals surface area contributed by atoms with Gasteiger partial charge in [0.1, 0.15) is 12.0 Å². The molecular weight excluding hydrogens is 552 g/mol. The normalized spacial score (nSPS) is 17.2. The Morgan fingerprint density at radius 3 is 2.66 bits per heavy atom. The Balaban J connectivity index is 1.44. The number of aromatic nitrogens is 2. The predicted molar refractivity (Wildman–Crippen MR) is 153 cm³/mol. The van der Waals surface area contributed by atoms with Gasteiger partial charge in [0.2, 0.25) is 5.95 Å². The summed E-state index contributed by atoms with van der Waals surface area (Å²) in [6, 6.07) is 15.6. The van der Waals surface area contributed by atoms with Crippen LogP contribution >= 0.6 is 0 Å². The molecule has 0 unspecified atom stereocenters. The van der Waals surface area contributed by atoms with Crippen molar-refractivity contribution in [2.75, 3.05) is 22.9 Å². The van der Waals surface area contributed by atoms with Gasteiger partial charge in [0, 0.05) is 48.8 Å². The van der Waals surface area contributed by atoms with Gasteiger partial charge >= 0.3 is 6.47 Å². The van der Waals surface area contributed by atoms with Crippen LogP contribution in [0.2, 0.25) is 0 Å². The fourth-order valence-electron chi connectivity index (χ4n) is 4.92. The molecule has 9 nitrogen and oxygen atoms in total. The highest BCUT2D eigenvalue weighted by Crippen LogP contribution is 2.32. The van der Waals surface area contributed by atoms with E-state index in [2.05, 4.69) is 20.6 Å². The molecular formula is C29H29F2N5O4S. The quantitative estimate of drug-likeness (QED) is 0.207. The van der Waals surface area contributed by atoms with E-state index in [1.165, 1.54) is 12.1 Å². The summed E-state index contributed by atoms with van der Waals surface area (Å²) in [5, 5.41) is 6.92. The summed E-state index contributed by atoms with van der Waals surface area (Å²) in [6.45, 7) is 2.88. The number of aryl methyl sites for hydroxylation is 1. The highest BCUT2D eigenvalue weighted by atomic mass is 32.2. The van der Waals surface area contributed by atoms with E-state index in [1.54, 1.807) is 42.6 Å². The maximum atomic E-state index is 15.5. The lowest BCUT2D eigenvalue weighted by Gasteiger charge is -2.26. The van der Waals surface area contributed by atoms with Crippen LogP contribution in [0, 0.1) is 5.82 Å². The molecule has 0 spiro atoms. The number of piperidine rings is 1. The number of carbonyl (C=O) groups is 1. The summed E-state index contributed by atoms with van der Waals surface area (Å²) in [7, 11) is -4.18. The van der Waals surface area contributed by atoms with Gasteiger partial charge in [0.15, 0.2) is 0 Å². The molecule has 5 rings (SSSR count). The Bertz CT molecular complexity index is 1660. The number of sulfonamides is 1. The number of fused-ring (bicyclic) bond motifs is 1. The van der Waals surface area contributed by atoms with Crippen molar-refractivity contribution in [3.8, 4) is 11.1 Å². The molecule has 1 aliphatic rings. The van der Waals surface area contributed by atoms with Gasteiger partial charge in [0.25, 0.3) is 10.0 Å². The molecule has 1 aromatic heterocycles. The number of alkyl halides is 1.